The lowest BCUT2D eigenvalue weighted by atomic mass is 10.1. The van der Waals surface area contributed by atoms with Gasteiger partial charge < -0.3 is 9.90 Å². The van der Waals surface area contributed by atoms with Crippen LogP contribution in [-0.4, -0.2) is 16.7 Å². The number of fused-ring (bicyclic) bond motifs is 1. The lowest BCUT2D eigenvalue weighted by Crippen LogP contribution is -2.24. The van der Waals surface area contributed by atoms with E-state index in [0.717, 1.165) is 34.1 Å². The molecule has 3 aromatic rings. The molecule has 1 aromatic heterocycles. The van der Waals surface area contributed by atoms with E-state index in [4.69, 9.17) is 0 Å². The van der Waals surface area contributed by atoms with Crippen molar-refractivity contribution in [2.75, 3.05) is 5.75 Å². The third-order valence-electron chi connectivity index (χ3n) is 3.36. The highest BCUT2D eigenvalue weighted by Crippen LogP contribution is 2.36. The van der Waals surface area contributed by atoms with Gasteiger partial charge in [0.15, 0.2) is 0 Å². The molecule has 0 saturated heterocycles. The number of aliphatic carboxylic acids is 1. The van der Waals surface area contributed by atoms with Crippen molar-refractivity contribution in [1.82, 2.24) is 4.98 Å². The molecule has 0 spiro atoms. The lowest BCUT2D eigenvalue weighted by Gasteiger charge is -2.08. The standard InChI is InChI=1S/C18H12F3NO2S2/c19-18(20,21)12-5-3-4-11(8-12)9-15(25-10-16(23)24)17-22-13-6-1-2-7-14(13)26-17/h1-9H,10H2,(H,23,24)/p-1/b15-9-. The maximum Gasteiger partial charge on any atom is 0.416 e. The molecule has 0 aliphatic rings. The summed E-state index contributed by atoms with van der Waals surface area (Å²) in [6.45, 7) is 0. The number of alkyl halides is 3. The third-order valence-corrected chi connectivity index (χ3v) is 5.56. The molecule has 0 radical (unpaired) electrons. The smallest absolute Gasteiger partial charge is 0.416 e. The molecule has 8 heteroatoms. The third kappa shape index (κ3) is 4.44. The van der Waals surface area contributed by atoms with Crippen molar-refractivity contribution in [2.24, 2.45) is 0 Å². The number of carboxylic acid groups (broad SMARTS) is 1. The van der Waals surface area contributed by atoms with Crippen LogP contribution in [0.5, 0.6) is 0 Å². The predicted molar refractivity (Wildman–Crippen MR) is 96.4 cm³/mol. The Hall–Kier alpha value is -2.32. The summed E-state index contributed by atoms with van der Waals surface area (Å²) in [6, 6.07) is 12.2. The fourth-order valence-corrected chi connectivity index (χ4v) is 4.08. The molecule has 0 aliphatic carbocycles. The Morgan fingerprint density at radius 1 is 1.19 bits per heavy atom. The van der Waals surface area contributed by atoms with E-state index in [9.17, 15) is 23.1 Å². The highest BCUT2D eigenvalue weighted by Gasteiger charge is 2.30. The molecule has 0 saturated carbocycles. The number of para-hydroxylation sites is 1. The van der Waals surface area contributed by atoms with Crippen molar-refractivity contribution in [1.29, 1.82) is 0 Å². The fraction of sp³-hybridized carbons (Fsp3) is 0.111. The van der Waals surface area contributed by atoms with Gasteiger partial charge in [-0.25, -0.2) is 4.98 Å². The first-order valence-corrected chi connectivity index (χ1v) is 9.21. The summed E-state index contributed by atoms with van der Waals surface area (Å²) in [4.78, 5) is 15.8. The number of halogens is 3. The topological polar surface area (TPSA) is 53.0 Å². The average Bonchev–Trinajstić information content (AvgIpc) is 3.02. The summed E-state index contributed by atoms with van der Waals surface area (Å²) in [5.74, 6) is -1.58. The van der Waals surface area contributed by atoms with Crippen LogP contribution < -0.4 is 5.11 Å². The van der Waals surface area contributed by atoms with Gasteiger partial charge in [0.1, 0.15) is 5.01 Å². The van der Waals surface area contributed by atoms with Gasteiger partial charge in [0.25, 0.3) is 0 Å². The Morgan fingerprint density at radius 3 is 2.65 bits per heavy atom. The summed E-state index contributed by atoms with van der Waals surface area (Å²) in [5.41, 5.74) is 0.302. The Morgan fingerprint density at radius 2 is 1.96 bits per heavy atom. The second-order valence-corrected chi connectivity index (χ2v) is 7.33. The van der Waals surface area contributed by atoms with Gasteiger partial charge >= 0.3 is 6.18 Å². The molecule has 134 valence electrons. The molecule has 26 heavy (non-hydrogen) atoms. The Balaban J connectivity index is 2.03. The molecule has 0 unspecified atom stereocenters. The number of aromatic nitrogens is 1. The van der Waals surface area contributed by atoms with Crippen LogP contribution >= 0.6 is 23.1 Å². The fourth-order valence-electron chi connectivity index (χ4n) is 2.24. The van der Waals surface area contributed by atoms with E-state index in [1.165, 1.54) is 29.5 Å². The van der Waals surface area contributed by atoms with Crippen molar-refractivity contribution < 1.29 is 23.1 Å². The number of carbonyl (C=O) groups is 1. The zero-order valence-corrected chi connectivity index (χ0v) is 14.8. The highest BCUT2D eigenvalue weighted by molar-refractivity contribution is 8.09. The van der Waals surface area contributed by atoms with Crippen LogP contribution in [0.4, 0.5) is 13.2 Å². The molecular formula is C18H11F3NO2S2-. The van der Waals surface area contributed by atoms with Gasteiger partial charge in [-0.15, -0.1) is 23.1 Å². The van der Waals surface area contributed by atoms with E-state index in [2.05, 4.69) is 4.98 Å². The van der Waals surface area contributed by atoms with Crippen molar-refractivity contribution in [3.63, 3.8) is 0 Å². The molecule has 0 amide bonds. The molecule has 0 N–H and O–H groups in total. The first-order chi connectivity index (χ1) is 12.3. The minimum atomic E-state index is -4.45. The molecular weight excluding hydrogens is 383 g/mol. The number of thioether (sulfide) groups is 1. The zero-order chi connectivity index (χ0) is 18.7. The first-order valence-electron chi connectivity index (χ1n) is 7.40. The number of hydrogen-bond donors (Lipinski definition) is 0. The van der Waals surface area contributed by atoms with Gasteiger partial charge in [-0.05, 0) is 35.9 Å². The van der Waals surface area contributed by atoms with Crippen LogP contribution in [-0.2, 0) is 11.0 Å². The normalized spacial score (nSPS) is 12.5. The number of thiazole rings is 1. The van der Waals surface area contributed by atoms with Crippen LogP contribution in [0.3, 0.4) is 0 Å². The molecule has 3 rings (SSSR count). The van der Waals surface area contributed by atoms with E-state index >= 15 is 0 Å². The summed E-state index contributed by atoms with van der Waals surface area (Å²) >= 11 is 2.32. The van der Waals surface area contributed by atoms with Crippen LogP contribution in [0.2, 0.25) is 0 Å². The quantitative estimate of drug-likeness (QED) is 0.648. The van der Waals surface area contributed by atoms with Crippen molar-refractivity contribution >= 4 is 50.3 Å². The van der Waals surface area contributed by atoms with E-state index in [1.54, 1.807) is 0 Å². The van der Waals surface area contributed by atoms with Crippen molar-refractivity contribution in [2.45, 2.75) is 6.18 Å². The molecule has 3 nitrogen and oxygen atoms in total. The minimum Gasteiger partial charge on any atom is -0.549 e. The first kappa shape index (κ1) is 18.5. The summed E-state index contributed by atoms with van der Waals surface area (Å²) in [7, 11) is 0. The zero-order valence-electron chi connectivity index (χ0n) is 13.1. The summed E-state index contributed by atoms with van der Waals surface area (Å²) in [5, 5.41) is 11.4. The van der Waals surface area contributed by atoms with Gasteiger partial charge in [0.05, 0.1) is 21.7 Å². The van der Waals surface area contributed by atoms with Crippen LogP contribution in [0, 0.1) is 0 Å². The Labute approximate surface area is 155 Å². The van der Waals surface area contributed by atoms with Crippen LogP contribution in [0.25, 0.3) is 21.2 Å². The Kier molecular flexibility index (Phi) is 5.33. The van der Waals surface area contributed by atoms with Crippen molar-refractivity contribution in [3.8, 4) is 0 Å². The Bertz CT molecular complexity index is 947. The average molecular weight is 394 g/mol. The second-order valence-electron chi connectivity index (χ2n) is 5.28. The van der Waals surface area contributed by atoms with Gasteiger partial charge in [-0.1, -0.05) is 24.3 Å². The molecule has 1 heterocycles. The summed E-state index contributed by atoms with van der Waals surface area (Å²) in [6.07, 6.45) is -2.93. The highest BCUT2D eigenvalue weighted by atomic mass is 32.2. The molecule has 2 aromatic carbocycles. The number of rotatable bonds is 5. The van der Waals surface area contributed by atoms with Gasteiger partial charge in [-0.3, -0.25) is 0 Å². The lowest BCUT2D eigenvalue weighted by molar-refractivity contribution is -0.301. The summed E-state index contributed by atoms with van der Waals surface area (Å²) < 4.78 is 39.6. The van der Waals surface area contributed by atoms with Crippen molar-refractivity contribution in [3.05, 3.63) is 64.7 Å². The maximum atomic E-state index is 12.9. The van der Waals surface area contributed by atoms with E-state index in [-0.39, 0.29) is 5.75 Å². The van der Waals surface area contributed by atoms with E-state index < -0.39 is 17.7 Å². The van der Waals surface area contributed by atoms with E-state index in [0.29, 0.717) is 15.5 Å². The van der Waals surface area contributed by atoms with Crippen LogP contribution in [0.1, 0.15) is 16.1 Å². The molecule has 0 aliphatic heterocycles. The second kappa shape index (κ2) is 7.51. The monoisotopic (exact) mass is 394 g/mol. The largest absolute Gasteiger partial charge is 0.549 e. The molecule has 0 atom stereocenters. The number of carbonyl (C=O) groups excluding carboxylic acids is 1. The molecule has 0 bridgehead atoms. The maximum absolute atomic E-state index is 12.9. The number of nitrogens with zero attached hydrogens (tertiary/aromatic N) is 1. The number of carboxylic acids is 1. The van der Waals surface area contributed by atoms with Crippen LogP contribution in [0.15, 0.2) is 48.5 Å². The number of hydrogen-bond acceptors (Lipinski definition) is 5. The molecule has 0 fully saturated rings. The number of benzene rings is 2. The van der Waals surface area contributed by atoms with Gasteiger partial charge in [0.2, 0.25) is 0 Å². The van der Waals surface area contributed by atoms with Gasteiger partial charge in [0, 0.05) is 10.7 Å². The van der Waals surface area contributed by atoms with E-state index in [1.807, 2.05) is 24.3 Å². The van der Waals surface area contributed by atoms with Gasteiger partial charge in [-0.2, -0.15) is 13.2 Å². The SMILES string of the molecule is O=C([O-])CS/C(=C\c1cccc(C(F)(F)F)c1)c1nc2ccccc2s1. The predicted octanol–water partition coefficient (Wildman–Crippen LogP) is 4.30. The minimum absolute atomic E-state index is 0.319.